The Hall–Kier alpha value is -6.26. The Bertz CT molecular complexity index is 3370. The topological polar surface area (TPSA) is 50.9 Å². The number of phenolic OH excluding ortho intramolecular Hbond substituents is 1. The normalized spacial score (nSPS) is 13.7. The van der Waals surface area contributed by atoms with Gasteiger partial charge < -0.3 is 5.11 Å². The van der Waals surface area contributed by atoms with Crippen LogP contribution in [0.25, 0.3) is 72.7 Å². The average molecular weight is 960 g/mol. The van der Waals surface area contributed by atoms with E-state index in [2.05, 4.69) is 163 Å². The number of benzene rings is 6. The molecule has 8 aromatic rings. The maximum absolute atomic E-state index is 12.5. The van der Waals surface area contributed by atoms with E-state index in [0.717, 1.165) is 98.1 Å². The number of nitrogens with zero attached hydrogens (tertiary/aromatic N) is 3. The van der Waals surface area contributed by atoms with Crippen molar-refractivity contribution in [3.05, 3.63) is 166 Å². The Morgan fingerprint density at radius 2 is 1.22 bits per heavy atom. The summed E-state index contributed by atoms with van der Waals surface area (Å²) in [6, 6.07) is 42.1. The van der Waals surface area contributed by atoms with Crippen molar-refractivity contribution < 1.29 is 10.6 Å². The molecule has 8 rings (SSSR count). The van der Waals surface area contributed by atoms with Crippen molar-refractivity contribution in [3.8, 4) is 67.5 Å². The fourth-order valence-electron chi connectivity index (χ4n) is 10.5. The quantitative estimate of drug-likeness (QED) is 0.111. The third kappa shape index (κ3) is 9.71. The van der Waals surface area contributed by atoms with Crippen molar-refractivity contribution in [2.24, 2.45) is 0 Å². The molecule has 0 bridgehead atoms. The van der Waals surface area contributed by atoms with E-state index in [4.69, 9.17) is 11.3 Å². The van der Waals surface area contributed by atoms with Gasteiger partial charge in [-0.2, -0.15) is 0 Å². The molecule has 4 heteroatoms. The molecule has 0 saturated carbocycles. The summed E-state index contributed by atoms with van der Waals surface area (Å²) in [5.74, 6) is 0.0643. The summed E-state index contributed by atoms with van der Waals surface area (Å²) in [7, 11) is 0. The van der Waals surface area contributed by atoms with Gasteiger partial charge in [0, 0.05) is 22.8 Å². The molecule has 2 aromatic heterocycles. The highest BCUT2D eigenvalue weighted by atomic mass is 16.3. The predicted molar refractivity (Wildman–Crippen MR) is 309 cm³/mol. The number of aromatic nitrogens is 3. The third-order valence-electron chi connectivity index (χ3n) is 16.4. The lowest BCUT2D eigenvalue weighted by Crippen LogP contribution is -2.25. The molecule has 0 spiro atoms. The van der Waals surface area contributed by atoms with Crippen molar-refractivity contribution in [1.29, 1.82) is 0 Å². The number of pyridine rings is 1. The highest BCUT2D eigenvalue weighted by Crippen LogP contribution is 2.48. The van der Waals surface area contributed by atoms with Crippen LogP contribution in [0.4, 0.5) is 0 Å². The second-order valence-electron chi connectivity index (χ2n) is 22.8. The molecule has 0 aliphatic carbocycles. The molecule has 2 heterocycles. The first-order valence-corrected chi connectivity index (χ1v) is 26.6. The first-order chi connectivity index (χ1) is 35.7. The van der Waals surface area contributed by atoms with Crippen molar-refractivity contribution in [1.82, 2.24) is 14.5 Å². The molecule has 4 nitrogen and oxygen atoms in total. The summed E-state index contributed by atoms with van der Waals surface area (Å²) >= 11 is 0. The van der Waals surface area contributed by atoms with E-state index in [1.807, 2.05) is 73.1 Å². The molecular formula is C68H81N3O. The van der Waals surface area contributed by atoms with Crippen LogP contribution in [0.3, 0.4) is 0 Å². The molecule has 0 amide bonds. The van der Waals surface area contributed by atoms with E-state index in [1.165, 1.54) is 11.1 Å². The summed E-state index contributed by atoms with van der Waals surface area (Å²) in [6.45, 7) is 30.1. The third-order valence-corrected chi connectivity index (χ3v) is 16.4. The number of phenols is 1. The van der Waals surface area contributed by atoms with Gasteiger partial charge in [0.2, 0.25) is 0 Å². The SMILES string of the molecule is [2H]C([2H])([2H])c1cc(-c2c(C(C)(CC)CC)cccc2C(C)(CC)CC)ccc1-n1c(-c2cc(C(C)C)cc(C(C)C)c2O)nc2c(-c3cc(-c4cc(-c5ccc(C([2H])(C)C)cc5)ccn4)cc(C(C)(C)C)c3)cccc21. The Kier molecular flexibility index (Phi) is 13.2. The number of para-hydroxylation sites is 1. The molecule has 1 N–H and O–H groups in total. The van der Waals surface area contributed by atoms with Crippen molar-refractivity contribution in [2.75, 3.05) is 0 Å². The molecule has 0 saturated heterocycles. The van der Waals surface area contributed by atoms with Gasteiger partial charge in [0.1, 0.15) is 11.6 Å². The lowest BCUT2D eigenvalue weighted by Gasteiger charge is -2.36. The molecule has 6 aromatic carbocycles. The van der Waals surface area contributed by atoms with E-state index < -0.39 is 12.7 Å². The largest absolute Gasteiger partial charge is 0.507 e. The Morgan fingerprint density at radius 3 is 1.81 bits per heavy atom. The summed E-state index contributed by atoms with van der Waals surface area (Å²) in [5, 5.41) is 12.5. The number of imidazole rings is 1. The second-order valence-corrected chi connectivity index (χ2v) is 22.8. The van der Waals surface area contributed by atoms with Gasteiger partial charge in [-0.25, -0.2) is 4.98 Å². The first-order valence-electron chi connectivity index (χ1n) is 28.6. The Balaban J connectivity index is 1.44. The number of fused-ring (bicyclic) bond motifs is 1. The van der Waals surface area contributed by atoms with Crippen LogP contribution in [-0.4, -0.2) is 19.6 Å². The molecule has 374 valence electrons. The molecule has 72 heavy (non-hydrogen) atoms. The molecule has 0 aliphatic heterocycles. The van der Waals surface area contributed by atoms with Crippen LogP contribution >= 0.6 is 0 Å². The monoisotopic (exact) mass is 960 g/mol. The molecule has 0 radical (unpaired) electrons. The van der Waals surface area contributed by atoms with Gasteiger partial charge in [-0.1, -0.05) is 177 Å². The number of aromatic hydroxyl groups is 1. The van der Waals surface area contributed by atoms with E-state index in [9.17, 15) is 9.22 Å². The standard InChI is InChI=1S/C68H81N3O/c1-17-67(15,18-2)57-24-22-25-58(68(16,19-3)20-4)62(57)49-31-32-60(45(11)35-49)71-61-26-21-23-54(63(61)70-65(71)56-40-50(43(7)8)39-55(44(9)10)64(56)72)51-36-52(38-53(37-51)66(12,13)14)59-41-48(33-34-69-59)47-29-27-46(28-30-47)42(5)6/h21-44,72H,17-20H2,1-16H3/i11D3,42D. The van der Waals surface area contributed by atoms with Gasteiger partial charge in [-0.15, -0.1) is 0 Å². The minimum absolute atomic E-state index is 0.00611. The van der Waals surface area contributed by atoms with Crippen LogP contribution in [0.15, 0.2) is 128 Å². The zero-order valence-corrected chi connectivity index (χ0v) is 45.9. The summed E-state index contributed by atoms with van der Waals surface area (Å²) in [4.78, 5) is 10.6. The predicted octanol–water partition coefficient (Wildman–Crippen LogP) is 19.6. The lowest BCUT2D eigenvalue weighted by molar-refractivity contribution is 0.426. The number of aryl methyl sites for hydroxylation is 1. The Morgan fingerprint density at radius 1 is 0.597 bits per heavy atom. The summed E-state index contributed by atoms with van der Waals surface area (Å²) in [6.07, 6.45) is 5.61. The van der Waals surface area contributed by atoms with E-state index in [1.54, 1.807) is 0 Å². The van der Waals surface area contributed by atoms with Crippen molar-refractivity contribution in [2.45, 2.75) is 170 Å². The molecule has 0 fully saturated rings. The molecular weight excluding hydrogens is 875 g/mol. The van der Waals surface area contributed by atoms with Crippen LogP contribution in [0, 0.1) is 6.85 Å². The van der Waals surface area contributed by atoms with Crippen molar-refractivity contribution in [3.63, 3.8) is 0 Å². The molecule has 0 aliphatic rings. The van der Waals surface area contributed by atoms with Gasteiger partial charge in [0.05, 0.1) is 28.0 Å². The van der Waals surface area contributed by atoms with E-state index in [0.29, 0.717) is 22.6 Å². The van der Waals surface area contributed by atoms with Crippen LogP contribution in [0.1, 0.15) is 192 Å². The minimum Gasteiger partial charge on any atom is -0.507 e. The summed E-state index contributed by atoms with van der Waals surface area (Å²) in [5.41, 5.74) is 16.3. The van der Waals surface area contributed by atoms with Gasteiger partial charge in [0.15, 0.2) is 0 Å². The highest BCUT2D eigenvalue weighted by molar-refractivity contribution is 5.97. The fourth-order valence-corrected chi connectivity index (χ4v) is 10.5. The Labute approximate surface area is 438 Å². The van der Waals surface area contributed by atoms with E-state index >= 15 is 0 Å². The van der Waals surface area contributed by atoms with Crippen LogP contribution < -0.4 is 0 Å². The number of hydrogen-bond donors (Lipinski definition) is 1. The van der Waals surface area contributed by atoms with Crippen LogP contribution in [-0.2, 0) is 16.2 Å². The minimum atomic E-state index is -2.54. The second kappa shape index (κ2) is 20.3. The van der Waals surface area contributed by atoms with Gasteiger partial charge in [-0.05, 0) is 182 Å². The van der Waals surface area contributed by atoms with Gasteiger partial charge >= 0.3 is 0 Å². The maximum Gasteiger partial charge on any atom is 0.149 e. The molecule has 0 atom stereocenters. The zero-order chi connectivity index (χ0) is 55.4. The van der Waals surface area contributed by atoms with E-state index in [-0.39, 0.29) is 39.4 Å². The van der Waals surface area contributed by atoms with Crippen LogP contribution in [0.2, 0.25) is 0 Å². The average Bonchev–Trinajstić information content (AvgIpc) is 3.79. The number of rotatable bonds is 15. The van der Waals surface area contributed by atoms with Gasteiger partial charge in [0.25, 0.3) is 0 Å². The van der Waals surface area contributed by atoms with Crippen LogP contribution in [0.5, 0.6) is 5.75 Å². The summed E-state index contributed by atoms with van der Waals surface area (Å²) < 4.78 is 38.7. The van der Waals surface area contributed by atoms with Crippen molar-refractivity contribution >= 4 is 11.0 Å². The highest BCUT2D eigenvalue weighted by Gasteiger charge is 2.33. The number of hydrogen-bond acceptors (Lipinski definition) is 3. The fraction of sp³-hybridized carbons (Fsp3) is 0.382. The maximum atomic E-state index is 12.5. The first kappa shape index (κ1) is 46.8. The lowest BCUT2D eigenvalue weighted by atomic mass is 9.68. The smallest absolute Gasteiger partial charge is 0.149 e. The zero-order valence-electron chi connectivity index (χ0n) is 49.9. The van der Waals surface area contributed by atoms with Gasteiger partial charge in [-0.3, -0.25) is 9.55 Å². The molecule has 0 unspecified atom stereocenters.